The molecule has 0 unspecified atom stereocenters. The molecule has 5 nitrogen and oxygen atoms in total. The van der Waals surface area contributed by atoms with Crippen LogP contribution in [0.1, 0.15) is 32.6 Å². The second-order valence-electron chi connectivity index (χ2n) is 7.11. The van der Waals surface area contributed by atoms with Crippen molar-refractivity contribution >= 4 is 29.9 Å². The van der Waals surface area contributed by atoms with Gasteiger partial charge in [0.1, 0.15) is 5.75 Å². The van der Waals surface area contributed by atoms with Crippen LogP contribution >= 0.6 is 11.8 Å². The van der Waals surface area contributed by atoms with Crippen LogP contribution in [0.5, 0.6) is 5.75 Å². The fourth-order valence-electron chi connectivity index (χ4n) is 2.99. The molecule has 0 spiro atoms. The van der Waals surface area contributed by atoms with E-state index < -0.39 is 5.97 Å². The molecule has 0 atom stereocenters. The highest BCUT2D eigenvalue weighted by atomic mass is 32.2. The van der Waals surface area contributed by atoms with Gasteiger partial charge in [0.05, 0.1) is 17.5 Å². The van der Waals surface area contributed by atoms with Gasteiger partial charge in [0, 0.05) is 5.75 Å². The number of hydrogen-bond donors (Lipinski definition) is 1. The lowest BCUT2D eigenvalue weighted by atomic mass is 10.1. The number of nitrogens with zero attached hydrogens (tertiary/aromatic N) is 1. The Morgan fingerprint density at radius 3 is 2.32 bits per heavy atom. The second kappa shape index (κ2) is 11.1. The van der Waals surface area contributed by atoms with Crippen molar-refractivity contribution in [1.29, 1.82) is 0 Å². The molecule has 0 aromatic heterocycles. The van der Waals surface area contributed by atoms with Gasteiger partial charge in [-0.05, 0) is 61.4 Å². The van der Waals surface area contributed by atoms with Crippen LogP contribution in [-0.2, 0) is 10.5 Å². The molecule has 0 saturated heterocycles. The van der Waals surface area contributed by atoms with Crippen molar-refractivity contribution in [3.8, 4) is 5.75 Å². The van der Waals surface area contributed by atoms with Crippen molar-refractivity contribution in [2.75, 3.05) is 5.75 Å². The Balaban J connectivity index is 1.42. The average molecular weight is 433 g/mol. The molecule has 0 heterocycles. The first-order valence-corrected chi connectivity index (χ1v) is 11.0. The summed E-state index contributed by atoms with van der Waals surface area (Å²) in [7, 11) is 0. The highest BCUT2D eigenvalue weighted by Gasteiger charge is 2.07. The van der Waals surface area contributed by atoms with Crippen LogP contribution in [0, 0.1) is 13.8 Å². The van der Waals surface area contributed by atoms with E-state index in [2.05, 4.69) is 42.6 Å². The number of amides is 1. The molecule has 6 heteroatoms. The highest BCUT2D eigenvalue weighted by Crippen LogP contribution is 2.16. The number of nitrogens with one attached hydrogen (secondary N) is 1. The lowest BCUT2D eigenvalue weighted by Gasteiger charge is -2.05. The predicted molar refractivity (Wildman–Crippen MR) is 126 cm³/mol. The minimum absolute atomic E-state index is 0.154. The van der Waals surface area contributed by atoms with Crippen molar-refractivity contribution in [3.05, 3.63) is 101 Å². The highest BCUT2D eigenvalue weighted by molar-refractivity contribution is 7.99. The molecule has 3 aromatic carbocycles. The quantitative estimate of drug-likeness (QED) is 0.238. The molecule has 31 heavy (non-hydrogen) atoms. The minimum atomic E-state index is -0.410. The van der Waals surface area contributed by atoms with E-state index in [1.165, 1.54) is 16.7 Å². The Kier molecular flexibility index (Phi) is 8.01. The van der Waals surface area contributed by atoms with Gasteiger partial charge in [-0.15, -0.1) is 11.8 Å². The number of carbonyl (C=O) groups excluding carboxylic acids is 2. The van der Waals surface area contributed by atoms with Crippen molar-refractivity contribution in [1.82, 2.24) is 5.43 Å². The zero-order valence-electron chi connectivity index (χ0n) is 17.5. The maximum atomic E-state index is 12.1. The summed E-state index contributed by atoms with van der Waals surface area (Å²) < 4.78 is 5.34. The molecule has 0 aliphatic heterocycles. The molecule has 3 rings (SSSR count). The van der Waals surface area contributed by atoms with Crippen molar-refractivity contribution in [2.24, 2.45) is 5.10 Å². The number of aryl methyl sites for hydroxylation is 2. The largest absolute Gasteiger partial charge is 0.423 e. The second-order valence-corrected chi connectivity index (χ2v) is 8.09. The monoisotopic (exact) mass is 432 g/mol. The van der Waals surface area contributed by atoms with E-state index >= 15 is 0 Å². The normalized spacial score (nSPS) is 10.8. The van der Waals surface area contributed by atoms with E-state index in [0.29, 0.717) is 17.1 Å². The molecule has 0 bridgehead atoms. The number of esters is 1. The Hall–Kier alpha value is -3.38. The van der Waals surface area contributed by atoms with Gasteiger partial charge in [0.2, 0.25) is 5.91 Å². The number of thioether (sulfide) groups is 1. The zero-order valence-corrected chi connectivity index (χ0v) is 18.3. The molecular formula is C25H24N2O3S. The smallest absolute Gasteiger partial charge is 0.343 e. The van der Waals surface area contributed by atoms with Crippen LogP contribution < -0.4 is 10.2 Å². The number of hydrazone groups is 1. The molecule has 0 fully saturated rings. The number of benzene rings is 3. The van der Waals surface area contributed by atoms with Gasteiger partial charge in [-0.1, -0.05) is 47.5 Å². The molecule has 3 aromatic rings. The third-order valence-corrected chi connectivity index (χ3v) is 5.29. The van der Waals surface area contributed by atoms with Crippen LogP contribution in [0.25, 0.3) is 0 Å². The lowest BCUT2D eigenvalue weighted by molar-refractivity contribution is -0.118. The summed E-state index contributed by atoms with van der Waals surface area (Å²) >= 11 is 1.55. The van der Waals surface area contributed by atoms with Gasteiger partial charge < -0.3 is 4.74 Å². The van der Waals surface area contributed by atoms with E-state index in [1.54, 1.807) is 66.5 Å². The van der Waals surface area contributed by atoms with Gasteiger partial charge >= 0.3 is 5.97 Å². The lowest BCUT2D eigenvalue weighted by Crippen LogP contribution is -2.19. The first-order chi connectivity index (χ1) is 15.0. The Bertz CT molecular complexity index is 1040. The summed E-state index contributed by atoms with van der Waals surface area (Å²) in [5.41, 5.74) is 7.47. The van der Waals surface area contributed by atoms with E-state index in [1.807, 2.05) is 6.07 Å². The molecule has 0 aliphatic rings. The van der Waals surface area contributed by atoms with Gasteiger partial charge in [0.15, 0.2) is 0 Å². The molecule has 158 valence electrons. The van der Waals surface area contributed by atoms with Gasteiger partial charge in [-0.25, -0.2) is 10.2 Å². The van der Waals surface area contributed by atoms with Crippen LogP contribution in [0.15, 0.2) is 77.9 Å². The standard InChI is InChI=1S/C25H24N2O3S/c1-18-12-19(2)14-21(13-18)16-31-17-24(28)27-26-15-20-8-10-23(11-9-20)30-25(29)22-6-4-3-5-7-22/h3-15H,16-17H2,1-2H3,(H,27,28)/b26-15-. The molecule has 0 radical (unpaired) electrons. The fraction of sp³-hybridized carbons (Fsp3) is 0.160. The number of ether oxygens (including phenoxy) is 1. The van der Waals surface area contributed by atoms with E-state index in [-0.39, 0.29) is 5.91 Å². The third-order valence-electron chi connectivity index (χ3n) is 4.29. The Morgan fingerprint density at radius 2 is 1.65 bits per heavy atom. The minimum Gasteiger partial charge on any atom is -0.423 e. The van der Waals surface area contributed by atoms with E-state index in [9.17, 15) is 9.59 Å². The average Bonchev–Trinajstić information content (AvgIpc) is 2.75. The summed E-state index contributed by atoms with van der Waals surface area (Å²) in [4.78, 5) is 24.0. The van der Waals surface area contributed by atoms with Crippen molar-refractivity contribution in [3.63, 3.8) is 0 Å². The van der Waals surface area contributed by atoms with Crippen LogP contribution in [0.2, 0.25) is 0 Å². The fourth-order valence-corrected chi connectivity index (χ4v) is 3.74. The number of carbonyl (C=O) groups is 2. The molecule has 0 aliphatic carbocycles. The summed E-state index contributed by atoms with van der Waals surface area (Å²) in [5.74, 6) is 0.992. The summed E-state index contributed by atoms with van der Waals surface area (Å²) in [5, 5.41) is 3.99. The van der Waals surface area contributed by atoms with Crippen molar-refractivity contribution in [2.45, 2.75) is 19.6 Å². The first-order valence-electron chi connectivity index (χ1n) is 9.84. The Labute approximate surface area is 186 Å². The molecular weight excluding hydrogens is 408 g/mol. The van der Waals surface area contributed by atoms with Crippen LogP contribution in [-0.4, -0.2) is 23.8 Å². The van der Waals surface area contributed by atoms with E-state index in [0.717, 1.165) is 11.3 Å². The predicted octanol–water partition coefficient (Wildman–Crippen LogP) is 4.91. The number of rotatable bonds is 8. The van der Waals surface area contributed by atoms with Crippen LogP contribution in [0.4, 0.5) is 0 Å². The van der Waals surface area contributed by atoms with Gasteiger partial charge in [0.25, 0.3) is 0 Å². The topological polar surface area (TPSA) is 67.8 Å². The van der Waals surface area contributed by atoms with Crippen LogP contribution in [0.3, 0.4) is 0 Å². The van der Waals surface area contributed by atoms with Gasteiger partial charge in [-0.2, -0.15) is 5.10 Å². The SMILES string of the molecule is Cc1cc(C)cc(CSCC(=O)N/N=C\c2ccc(OC(=O)c3ccccc3)cc2)c1. The maximum Gasteiger partial charge on any atom is 0.343 e. The van der Waals surface area contributed by atoms with Crippen molar-refractivity contribution < 1.29 is 14.3 Å². The third kappa shape index (κ3) is 7.42. The van der Waals surface area contributed by atoms with E-state index in [4.69, 9.17) is 4.74 Å². The zero-order chi connectivity index (χ0) is 22.1. The molecule has 1 N–H and O–H groups in total. The summed E-state index contributed by atoms with van der Waals surface area (Å²) in [6.07, 6.45) is 1.55. The summed E-state index contributed by atoms with van der Waals surface area (Å²) in [6, 6.07) is 22.1. The Morgan fingerprint density at radius 1 is 0.968 bits per heavy atom. The molecule has 1 amide bonds. The van der Waals surface area contributed by atoms with Gasteiger partial charge in [-0.3, -0.25) is 4.79 Å². The number of hydrogen-bond acceptors (Lipinski definition) is 5. The summed E-state index contributed by atoms with van der Waals surface area (Å²) in [6.45, 7) is 4.14. The first kappa shape index (κ1) is 22.3. The molecule has 0 saturated carbocycles. The maximum absolute atomic E-state index is 12.1.